The van der Waals surface area contributed by atoms with Gasteiger partial charge in [0.1, 0.15) is 11.3 Å². The van der Waals surface area contributed by atoms with Crippen molar-refractivity contribution in [2.24, 2.45) is 0 Å². The minimum Gasteiger partial charge on any atom is -0.497 e. The summed E-state index contributed by atoms with van der Waals surface area (Å²) in [6, 6.07) is 27.5. The Morgan fingerprint density at radius 2 is 1.65 bits per heavy atom. The third-order valence-electron chi connectivity index (χ3n) is 8.46. The Kier molecular flexibility index (Phi) is 6.36. The molecule has 1 atom stereocenters. The van der Waals surface area contributed by atoms with Crippen LogP contribution in [0.3, 0.4) is 0 Å². The summed E-state index contributed by atoms with van der Waals surface area (Å²) in [6.07, 6.45) is 0.443. The third-order valence-corrected chi connectivity index (χ3v) is 8.83. The molecule has 3 heterocycles. The smallest absolute Gasteiger partial charge is 0.291 e. The van der Waals surface area contributed by atoms with Crippen LogP contribution in [0.2, 0.25) is 5.02 Å². The molecule has 1 aromatic heterocycles. The topological polar surface area (TPSA) is 80.1 Å². The van der Waals surface area contributed by atoms with Crippen molar-refractivity contribution >= 4 is 40.1 Å². The molecular formula is C35H27ClN2O5. The second-order valence-electron chi connectivity index (χ2n) is 10.9. The van der Waals surface area contributed by atoms with Gasteiger partial charge in [-0.1, -0.05) is 71.8 Å². The van der Waals surface area contributed by atoms with Gasteiger partial charge >= 0.3 is 0 Å². The molecule has 5 aromatic rings. The maximum atomic E-state index is 15.0. The fourth-order valence-electron chi connectivity index (χ4n) is 6.39. The molecule has 2 aliphatic rings. The molecule has 0 aliphatic carbocycles. The van der Waals surface area contributed by atoms with E-state index < -0.39 is 17.4 Å². The Morgan fingerprint density at radius 3 is 2.42 bits per heavy atom. The molecule has 7 rings (SSSR count). The van der Waals surface area contributed by atoms with Gasteiger partial charge in [-0.05, 0) is 60.9 Å². The van der Waals surface area contributed by atoms with Crippen molar-refractivity contribution in [1.29, 1.82) is 0 Å². The molecule has 1 spiro atoms. The number of para-hydroxylation sites is 1. The van der Waals surface area contributed by atoms with E-state index in [0.717, 1.165) is 22.4 Å². The standard InChI is InChI=1S/C35H27ClN2O5/c1-21-11-16-29-25(19-21)31(39)30-32(43-29)33(40)38(18-17-22-12-14-24(42-2)15-13-22)35(30)26-8-4-6-10-28(26)37(34(35)41)20-23-7-3-5-9-27(23)36/h3-16,19H,17-18,20H2,1-2H3. The Balaban J connectivity index is 1.44. The van der Waals surface area contributed by atoms with Gasteiger partial charge in [0, 0.05) is 17.1 Å². The van der Waals surface area contributed by atoms with Crippen molar-refractivity contribution in [3.8, 4) is 5.75 Å². The zero-order valence-corrected chi connectivity index (χ0v) is 24.4. The van der Waals surface area contributed by atoms with E-state index in [0.29, 0.717) is 33.7 Å². The SMILES string of the molecule is COc1ccc(CCN2C(=O)c3oc4ccc(C)cc4c(=O)c3C23C(=O)N(Cc2ccccc2Cl)c2ccccc23)cc1. The van der Waals surface area contributed by atoms with Crippen molar-refractivity contribution in [3.63, 3.8) is 0 Å². The Bertz CT molecular complexity index is 2000. The van der Waals surface area contributed by atoms with Gasteiger partial charge in [0.25, 0.3) is 11.8 Å². The average molecular weight is 591 g/mol. The number of nitrogens with zero attached hydrogens (tertiary/aromatic N) is 2. The number of aryl methyl sites for hydroxylation is 1. The van der Waals surface area contributed by atoms with E-state index >= 15 is 0 Å². The molecule has 0 N–H and O–H groups in total. The summed E-state index contributed by atoms with van der Waals surface area (Å²) in [5.74, 6) is -0.267. The highest BCUT2D eigenvalue weighted by atomic mass is 35.5. The summed E-state index contributed by atoms with van der Waals surface area (Å²) in [7, 11) is 1.60. The van der Waals surface area contributed by atoms with Crippen LogP contribution in [0.15, 0.2) is 100 Å². The van der Waals surface area contributed by atoms with Crippen LogP contribution in [0.25, 0.3) is 11.0 Å². The molecule has 0 saturated carbocycles. The lowest BCUT2D eigenvalue weighted by atomic mass is 9.83. The zero-order valence-electron chi connectivity index (χ0n) is 23.6. The summed E-state index contributed by atoms with van der Waals surface area (Å²) >= 11 is 6.53. The first-order valence-electron chi connectivity index (χ1n) is 14.0. The molecule has 2 aliphatic heterocycles. The molecule has 7 nitrogen and oxygen atoms in total. The third kappa shape index (κ3) is 3.99. The lowest BCUT2D eigenvalue weighted by molar-refractivity contribution is -0.126. The van der Waals surface area contributed by atoms with Crippen LogP contribution < -0.4 is 15.1 Å². The van der Waals surface area contributed by atoms with Crippen molar-refractivity contribution in [3.05, 3.63) is 140 Å². The molecule has 0 bridgehead atoms. The van der Waals surface area contributed by atoms with Crippen molar-refractivity contribution < 1.29 is 18.7 Å². The van der Waals surface area contributed by atoms with Gasteiger partial charge in [-0.15, -0.1) is 0 Å². The first kappa shape index (κ1) is 27.0. The molecule has 0 radical (unpaired) electrons. The van der Waals surface area contributed by atoms with Crippen LogP contribution in [0, 0.1) is 6.92 Å². The highest BCUT2D eigenvalue weighted by Crippen LogP contribution is 2.53. The molecular weight excluding hydrogens is 564 g/mol. The summed E-state index contributed by atoms with van der Waals surface area (Å²) < 4.78 is 11.5. The number of ether oxygens (including phenoxy) is 1. The van der Waals surface area contributed by atoms with E-state index in [1.807, 2.05) is 79.7 Å². The minimum absolute atomic E-state index is 0.0597. The van der Waals surface area contributed by atoms with Gasteiger partial charge in [0.2, 0.25) is 5.76 Å². The average Bonchev–Trinajstić information content (AvgIpc) is 3.41. The second-order valence-corrected chi connectivity index (χ2v) is 11.3. The summed E-state index contributed by atoms with van der Waals surface area (Å²) in [5, 5.41) is 0.853. The van der Waals surface area contributed by atoms with E-state index in [4.69, 9.17) is 20.8 Å². The number of halogens is 1. The molecule has 0 saturated heterocycles. The monoisotopic (exact) mass is 590 g/mol. The number of hydrogen-bond donors (Lipinski definition) is 0. The Hall–Kier alpha value is -4.88. The number of amides is 2. The maximum absolute atomic E-state index is 15.0. The summed E-state index contributed by atoms with van der Waals surface area (Å²) in [5.41, 5.74) is 2.03. The van der Waals surface area contributed by atoms with Crippen LogP contribution in [0.4, 0.5) is 5.69 Å². The van der Waals surface area contributed by atoms with Gasteiger partial charge in [0.15, 0.2) is 11.0 Å². The fourth-order valence-corrected chi connectivity index (χ4v) is 6.59. The number of carbonyl (C=O) groups is 2. The first-order chi connectivity index (χ1) is 20.8. The number of rotatable bonds is 6. The lowest BCUT2D eigenvalue weighted by Gasteiger charge is -2.34. The number of carbonyl (C=O) groups excluding carboxylic acids is 2. The van der Waals surface area contributed by atoms with Gasteiger partial charge in [0.05, 0.1) is 30.3 Å². The van der Waals surface area contributed by atoms with Crippen LogP contribution in [0.5, 0.6) is 5.75 Å². The molecule has 8 heteroatoms. The summed E-state index contributed by atoms with van der Waals surface area (Å²) in [4.78, 5) is 46.8. The highest BCUT2D eigenvalue weighted by Gasteiger charge is 2.64. The first-order valence-corrected chi connectivity index (χ1v) is 14.4. The van der Waals surface area contributed by atoms with E-state index in [-0.39, 0.29) is 29.8 Å². The largest absolute Gasteiger partial charge is 0.497 e. The molecule has 2 amide bonds. The normalized spacial score (nSPS) is 17.2. The predicted molar refractivity (Wildman–Crippen MR) is 165 cm³/mol. The molecule has 214 valence electrons. The molecule has 0 fully saturated rings. The second kappa shape index (κ2) is 10.1. The van der Waals surface area contributed by atoms with E-state index in [9.17, 15) is 14.4 Å². The van der Waals surface area contributed by atoms with Crippen LogP contribution in [-0.4, -0.2) is 30.4 Å². The van der Waals surface area contributed by atoms with E-state index in [2.05, 4.69) is 0 Å². The summed E-state index contributed by atoms with van der Waals surface area (Å²) in [6.45, 7) is 2.23. The number of methoxy groups -OCH3 is 1. The number of fused-ring (bicyclic) bond motifs is 5. The number of anilines is 1. The van der Waals surface area contributed by atoms with Gasteiger partial charge in [-0.3, -0.25) is 14.4 Å². The van der Waals surface area contributed by atoms with E-state index in [1.54, 1.807) is 30.2 Å². The minimum atomic E-state index is -1.70. The van der Waals surface area contributed by atoms with Gasteiger partial charge in [-0.25, -0.2) is 0 Å². The molecule has 43 heavy (non-hydrogen) atoms. The van der Waals surface area contributed by atoms with Crippen molar-refractivity contribution in [1.82, 2.24) is 4.90 Å². The van der Waals surface area contributed by atoms with Crippen molar-refractivity contribution in [2.75, 3.05) is 18.6 Å². The zero-order chi connectivity index (χ0) is 29.9. The van der Waals surface area contributed by atoms with Gasteiger partial charge < -0.3 is 19.0 Å². The Labute approximate surface area is 252 Å². The van der Waals surface area contributed by atoms with Crippen molar-refractivity contribution in [2.45, 2.75) is 25.4 Å². The van der Waals surface area contributed by atoms with Crippen LogP contribution in [0.1, 0.15) is 38.4 Å². The maximum Gasteiger partial charge on any atom is 0.291 e. The fraction of sp³-hybridized carbons (Fsp3) is 0.171. The van der Waals surface area contributed by atoms with Crippen LogP contribution >= 0.6 is 11.6 Å². The molecule has 1 unspecified atom stereocenters. The quantitative estimate of drug-likeness (QED) is 0.233. The number of benzene rings is 4. The lowest BCUT2D eigenvalue weighted by Crippen LogP contribution is -2.53. The number of hydrogen-bond acceptors (Lipinski definition) is 5. The van der Waals surface area contributed by atoms with Gasteiger partial charge in [-0.2, -0.15) is 0 Å². The Morgan fingerprint density at radius 1 is 0.907 bits per heavy atom. The van der Waals surface area contributed by atoms with Crippen LogP contribution in [-0.2, 0) is 23.3 Å². The molecule has 4 aromatic carbocycles. The highest BCUT2D eigenvalue weighted by molar-refractivity contribution is 6.31. The predicted octanol–water partition coefficient (Wildman–Crippen LogP) is 6.25. The van der Waals surface area contributed by atoms with E-state index in [1.165, 1.54) is 4.90 Å².